The molecular formula is C12H11NO2S. The molecule has 0 aliphatic carbocycles. The van der Waals surface area contributed by atoms with Crippen LogP contribution in [0.3, 0.4) is 0 Å². The zero-order chi connectivity index (χ0) is 11.6. The van der Waals surface area contributed by atoms with Crippen molar-refractivity contribution in [1.29, 1.82) is 0 Å². The normalized spacial score (nSPS) is 11.3. The second-order valence-electron chi connectivity index (χ2n) is 3.48. The first-order chi connectivity index (χ1) is 7.60. The Kier molecular flexibility index (Phi) is 2.75. The lowest BCUT2D eigenvalue weighted by Gasteiger charge is -2.03. The second kappa shape index (κ2) is 4.06. The first kappa shape index (κ1) is 10.8. The number of hydrogen-bond acceptors (Lipinski definition) is 3. The van der Waals surface area contributed by atoms with Gasteiger partial charge in [-0.25, -0.2) is 13.4 Å². The van der Waals surface area contributed by atoms with Crippen molar-refractivity contribution in [2.24, 2.45) is 0 Å². The molecule has 0 saturated carbocycles. The molecule has 3 nitrogen and oxygen atoms in total. The zero-order valence-corrected chi connectivity index (χ0v) is 9.61. The van der Waals surface area contributed by atoms with Crippen molar-refractivity contribution in [2.45, 2.75) is 16.8 Å². The van der Waals surface area contributed by atoms with Crippen molar-refractivity contribution in [3.8, 4) is 0 Å². The Balaban J connectivity index is 2.52. The summed E-state index contributed by atoms with van der Waals surface area (Å²) in [7, 11) is -3.47. The van der Waals surface area contributed by atoms with Gasteiger partial charge in [-0.3, -0.25) is 0 Å². The summed E-state index contributed by atoms with van der Waals surface area (Å²) in [6, 6.07) is 11.6. The van der Waals surface area contributed by atoms with E-state index in [1.807, 2.05) is 6.92 Å². The first-order valence-corrected chi connectivity index (χ1v) is 6.32. The van der Waals surface area contributed by atoms with Gasteiger partial charge in [-0.1, -0.05) is 23.8 Å². The maximum atomic E-state index is 12.1. The lowest BCUT2D eigenvalue weighted by Crippen LogP contribution is -2.03. The molecule has 0 spiro atoms. The van der Waals surface area contributed by atoms with Crippen LogP contribution in [0.15, 0.2) is 58.6 Å². The van der Waals surface area contributed by atoms with Gasteiger partial charge in [-0.05, 0) is 31.2 Å². The largest absolute Gasteiger partial charge is 0.244 e. The first-order valence-electron chi connectivity index (χ1n) is 4.83. The molecule has 0 amide bonds. The standard InChI is InChI=1S/C12H11NO2S/c1-10-5-7-11(8-6-10)16(14,15)12-4-2-3-9-13-12/h2-9H,1H3. The molecule has 1 aromatic heterocycles. The number of pyridine rings is 1. The molecule has 2 rings (SSSR count). The molecule has 0 atom stereocenters. The number of aryl methyl sites for hydroxylation is 1. The molecule has 0 radical (unpaired) electrons. The SMILES string of the molecule is Cc1ccc(S(=O)(=O)c2ccccn2)cc1. The van der Waals surface area contributed by atoms with Gasteiger partial charge in [0.25, 0.3) is 0 Å². The molecule has 82 valence electrons. The third-order valence-corrected chi connectivity index (χ3v) is 3.93. The van der Waals surface area contributed by atoms with E-state index in [0.29, 0.717) is 0 Å². The molecule has 0 fully saturated rings. The average Bonchev–Trinajstić information content (AvgIpc) is 2.31. The Labute approximate surface area is 94.7 Å². The average molecular weight is 233 g/mol. The number of hydrogen-bond donors (Lipinski definition) is 0. The molecule has 0 N–H and O–H groups in total. The summed E-state index contributed by atoms with van der Waals surface area (Å²) >= 11 is 0. The van der Waals surface area contributed by atoms with Crippen LogP contribution in [0.5, 0.6) is 0 Å². The molecule has 0 aliphatic rings. The predicted octanol–water partition coefficient (Wildman–Crippen LogP) is 2.22. The van der Waals surface area contributed by atoms with E-state index < -0.39 is 9.84 Å². The smallest absolute Gasteiger partial charge is 0.223 e. The third kappa shape index (κ3) is 1.97. The second-order valence-corrected chi connectivity index (χ2v) is 5.38. The summed E-state index contributed by atoms with van der Waals surface area (Å²) in [5.74, 6) is 0. The number of rotatable bonds is 2. The Hall–Kier alpha value is -1.68. The van der Waals surface area contributed by atoms with Crippen molar-refractivity contribution in [1.82, 2.24) is 4.98 Å². The zero-order valence-electron chi connectivity index (χ0n) is 8.79. The van der Waals surface area contributed by atoms with Gasteiger partial charge in [0.05, 0.1) is 4.90 Å². The van der Waals surface area contributed by atoms with Crippen molar-refractivity contribution in [2.75, 3.05) is 0 Å². The van der Waals surface area contributed by atoms with E-state index in [2.05, 4.69) is 4.98 Å². The number of aromatic nitrogens is 1. The van der Waals surface area contributed by atoms with Gasteiger partial charge in [-0.2, -0.15) is 0 Å². The summed E-state index contributed by atoms with van der Waals surface area (Å²) in [6.45, 7) is 1.91. The Bertz CT molecular complexity index is 574. The lowest BCUT2D eigenvalue weighted by atomic mass is 10.2. The van der Waals surface area contributed by atoms with Crippen molar-refractivity contribution in [3.05, 3.63) is 54.2 Å². The van der Waals surface area contributed by atoms with E-state index in [9.17, 15) is 8.42 Å². The summed E-state index contributed by atoms with van der Waals surface area (Å²) in [4.78, 5) is 4.14. The highest BCUT2D eigenvalue weighted by Crippen LogP contribution is 2.18. The van der Waals surface area contributed by atoms with Crippen molar-refractivity contribution in [3.63, 3.8) is 0 Å². The van der Waals surface area contributed by atoms with Gasteiger partial charge < -0.3 is 0 Å². The highest BCUT2D eigenvalue weighted by Gasteiger charge is 2.17. The van der Waals surface area contributed by atoms with E-state index in [1.165, 1.54) is 12.3 Å². The van der Waals surface area contributed by atoms with Crippen LogP contribution >= 0.6 is 0 Å². The summed E-state index contributed by atoms with van der Waals surface area (Å²) in [5, 5.41) is 0.0823. The topological polar surface area (TPSA) is 47.0 Å². The van der Waals surface area contributed by atoms with Gasteiger partial charge in [0.15, 0.2) is 5.03 Å². The van der Waals surface area contributed by atoms with Crippen LogP contribution < -0.4 is 0 Å². The van der Waals surface area contributed by atoms with Gasteiger partial charge in [-0.15, -0.1) is 0 Å². The quantitative estimate of drug-likeness (QED) is 0.799. The van der Waals surface area contributed by atoms with E-state index in [4.69, 9.17) is 0 Å². The van der Waals surface area contributed by atoms with Crippen molar-refractivity contribution < 1.29 is 8.42 Å². The molecular weight excluding hydrogens is 222 g/mol. The molecule has 4 heteroatoms. The van der Waals surface area contributed by atoms with E-state index >= 15 is 0 Å². The van der Waals surface area contributed by atoms with Gasteiger partial charge >= 0.3 is 0 Å². The van der Waals surface area contributed by atoms with Gasteiger partial charge in [0.1, 0.15) is 0 Å². The van der Waals surface area contributed by atoms with Crippen LogP contribution in [-0.4, -0.2) is 13.4 Å². The summed E-state index contributed by atoms with van der Waals surface area (Å²) < 4.78 is 24.2. The van der Waals surface area contributed by atoms with E-state index in [-0.39, 0.29) is 9.92 Å². The highest BCUT2D eigenvalue weighted by molar-refractivity contribution is 7.91. The fourth-order valence-corrected chi connectivity index (χ4v) is 2.54. The lowest BCUT2D eigenvalue weighted by molar-refractivity contribution is 0.592. The highest BCUT2D eigenvalue weighted by atomic mass is 32.2. The van der Waals surface area contributed by atoms with Crippen LogP contribution in [-0.2, 0) is 9.84 Å². The predicted molar refractivity (Wildman–Crippen MR) is 60.9 cm³/mol. The fourth-order valence-electron chi connectivity index (χ4n) is 1.34. The maximum absolute atomic E-state index is 12.1. The van der Waals surface area contributed by atoms with Crippen LogP contribution in [0.2, 0.25) is 0 Å². The Morgan fingerprint density at radius 3 is 2.25 bits per heavy atom. The summed E-state index contributed by atoms with van der Waals surface area (Å²) in [5.41, 5.74) is 1.03. The third-order valence-electron chi connectivity index (χ3n) is 2.24. The molecule has 1 aromatic carbocycles. The molecule has 0 bridgehead atoms. The summed E-state index contributed by atoms with van der Waals surface area (Å²) in [6.07, 6.45) is 1.47. The molecule has 1 heterocycles. The maximum Gasteiger partial charge on any atom is 0.223 e. The minimum absolute atomic E-state index is 0.0823. The minimum atomic E-state index is -3.47. The molecule has 2 aromatic rings. The molecule has 0 unspecified atom stereocenters. The van der Waals surface area contributed by atoms with Gasteiger partial charge in [0.2, 0.25) is 9.84 Å². The van der Waals surface area contributed by atoms with Crippen LogP contribution in [0.25, 0.3) is 0 Å². The Morgan fingerprint density at radius 2 is 1.69 bits per heavy atom. The molecule has 16 heavy (non-hydrogen) atoms. The minimum Gasteiger partial charge on any atom is -0.244 e. The fraction of sp³-hybridized carbons (Fsp3) is 0.0833. The van der Waals surface area contributed by atoms with Crippen LogP contribution in [0, 0.1) is 6.92 Å². The monoisotopic (exact) mass is 233 g/mol. The molecule has 0 saturated heterocycles. The number of nitrogens with zero attached hydrogens (tertiary/aromatic N) is 1. The Morgan fingerprint density at radius 1 is 1.00 bits per heavy atom. The van der Waals surface area contributed by atoms with Crippen molar-refractivity contribution >= 4 is 9.84 Å². The molecule has 0 aliphatic heterocycles. The van der Waals surface area contributed by atoms with E-state index in [0.717, 1.165) is 5.56 Å². The van der Waals surface area contributed by atoms with E-state index in [1.54, 1.807) is 36.4 Å². The van der Waals surface area contributed by atoms with Gasteiger partial charge in [0, 0.05) is 6.20 Å². The van der Waals surface area contributed by atoms with Crippen LogP contribution in [0.1, 0.15) is 5.56 Å². The number of sulfone groups is 1. The van der Waals surface area contributed by atoms with Crippen LogP contribution in [0.4, 0.5) is 0 Å². The number of benzene rings is 1.